The molecule has 0 atom stereocenters. The van der Waals surface area contributed by atoms with Crippen molar-refractivity contribution in [2.75, 3.05) is 31.9 Å². The maximum absolute atomic E-state index is 12.9. The summed E-state index contributed by atoms with van der Waals surface area (Å²) in [4.78, 5) is 25.1. The lowest BCUT2D eigenvalue weighted by molar-refractivity contribution is 0.255. The highest BCUT2D eigenvalue weighted by atomic mass is 32.2. The number of carbonyl (C=O) groups excluding carboxylic acids is 2. The molecule has 53 heavy (non-hydrogen) atoms. The van der Waals surface area contributed by atoms with Crippen LogP contribution < -0.4 is 41.3 Å². The molecule has 8 N–H and O–H groups in total. The highest BCUT2D eigenvalue weighted by molar-refractivity contribution is 7.90. The molecule has 0 aromatic heterocycles. The Morgan fingerprint density at radius 2 is 0.755 bits per heavy atom. The Balaban J connectivity index is 1.13. The van der Waals surface area contributed by atoms with E-state index >= 15 is 0 Å². The molecule has 0 aliphatic rings. The summed E-state index contributed by atoms with van der Waals surface area (Å²) in [6.07, 6.45) is 0. The van der Waals surface area contributed by atoms with Crippen molar-refractivity contribution < 1.29 is 26.4 Å². The lowest BCUT2D eigenvalue weighted by Crippen LogP contribution is -2.35. The SMILES string of the molecule is Cc1c(NC(=O)NS(=O)(=O)c2ccc(NC(=S)Nc3ccccc3)cc2)cccc1NC(=O)NS(=O)(=O)c1ccc(NC(=S)Nc2ccccc2)cc1. The summed E-state index contributed by atoms with van der Waals surface area (Å²) in [5, 5.41) is 17.4. The van der Waals surface area contributed by atoms with E-state index in [0.29, 0.717) is 27.2 Å². The second kappa shape index (κ2) is 17.0. The molecule has 0 aliphatic heterocycles. The largest absolute Gasteiger partial charge is 0.333 e. The van der Waals surface area contributed by atoms with Gasteiger partial charge in [0.15, 0.2) is 10.2 Å². The van der Waals surface area contributed by atoms with Crippen molar-refractivity contribution in [1.82, 2.24) is 9.44 Å². The Morgan fingerprint density at radius 1 is 0.434 bits per heavy atom. The number of hydrogen-bond donors (Lipinski definition) is 8. The van der Waals surface area contributed by atoms with Crippen molar-refractivity contribution in [2.24, 2.45) is 0 Å². The first-order valence-electron chi connectivity index (χ1n) is 15.5. The molecule has 0 bridgehead atoms. The third-order valence-electron chi connectivity index (χ3n) is 7.19. The van der Waals surface area contributed by atoms with Gasteiger partial charge in [-0.25, -0.2) is 35.9 Å². The first-order valence-corrected chi connectivity index (χ1v) is 19.3. The molecule has 18 heteroatoms. The summed E-state index contributed by atoms with van der Waals surface area (Å²) in [6, 6.07) is 31.9. The van der Waals surface area contributed by atoms with Crippen molar-refractivity contribution in [3.8, 4) is 0 Å². The number of benzene rings is 5. The fourth-order valence-corrected chi connectivity index (χ4v) is 6.91. The van der Waals surface area contributed by atoms with Crippen LogP contribution in [0.2, 0.25) is 0 Å². The van der Waals surface area contributed by atoms with Crippen molar-refractivity contribution in [2.45, 2.75) is 16.7 Å². The number of sulfonamides is 2. The number of anilines is 6. The normalized spacial score (nSPS) is 11.0. The number of carbonyl (C=O) groups is 2. The highest BCUT2D eigenvalue weighted by Crippen LogP contribution is 2.24. The maximum atomic E-state index is 12.9. The Morgan fingerprint density at radius 3 is 1.09 bits per heavy atom. The second-order valence-corrected chi connectivity index (χ2v) is 15.2. The minimum atomic E-state index is -4.28. The minimum absolute atomic E-state index is 0.153. The predicted molar refractivity (Wildman–Crippen MR) is 215 cm³/mol. The number of hydrogen-bond acceptors (Lipinski definition) is 8. The van der Waals surface area contributed by atoms with E-state index in [-0.39, 0.29) is 21.2 Å². The third kappa shape index (κ3) is 11.0. The van der Waals surface area contributed by atoms with Gasteiger partial charge in [0.2, 0.25) is 0 Å². The predicted octanol–water partition coefficient (Wildman–Crippen LogP) is 6.63. The molecule has 4 amide bonds. The van der Waals surface area contributed by atoms with Gasteiger partial charge in [0.1, 0.15) is 0 Å². The Hall–Kier alpha value is -6.08. The van der Waals surface area contributed by atoms with Gasteiger partial charge in [-0.05, 0) is 122 Å². The Kier molecular flexibility index (Phi) is 12.2. The molecule has 0 unspecified atom stereocenters. The molecule has 0 spiro atoms. The van der Waals surface area contributed by atoms with E-state index < -0.39 is 32.1 Å². The van der Waals surface area contributed by atoms with Gasteiger partial charge in [-0.1, -0.05) is 42.5 Å². The number of nitrogens with one attached hydrogen (secondary N) is 8. The van der Waals surface area contributed by atoms with Gasteiger partial charge in [0.25, 0.3) is 20.0 Å². The van der Waals surface area contributed by atoms with Crippen LogP contribution in [0.15, 0.2) is 137 Å². The van der Waals surface area contributed by atoms with Crippen LogP contribution >= 0.6 is 24.4 Å². The first-order chi connectivity index (χ1) is 25.3. The van der Waals surface area contributed by atoms with Crippen LogP contribution in [0, 0.1) is 6.92 Å². The van der Waals surface area contributed by atoms with Crippen LogP contribution in [0.3, 0.4) is 0 Å². The monoisotopic (exact) mass is 788 g/mol. The molecule has 5 rings (SSSR count). The van der Waals surface area contributed by atoms with Gasteiger partial charge in [-0.2, -0.15) is 0 Å². The molecule has 5 aromatic carbocycles. The lowest BCUT2D eigenvalue weighted by atomic mass is 10.1. The van der Waals surface area contributed by atoms with Gasteiger partial charge in [0, 0.05) is 34.1 Å². The third-order valence-corrected chi connectivity index (χ3v) is 10.3. The van der Waals surface area contributed by atoms with E-state index in [0.717, 1.165) is 11.4 Å². The quantitative estimate of drug-likeness (QED) is 0.0704. The van der Waals surface area contributed by atoms with Gasteiger partial charge < -0.3 is 31.9 Å². The van der Waals surface area contributed by atoms with Crippen molar-refractivity contribution in [3.63, 3.8) is 0 Å². The van der Waals surface area contributed by atoms with Crippen LogP contribution in [-0.4, -0.2) is 39.1 Å². The standard InChI is InChI=1S/C35H32N8O6S4/c1-23-30(40-32(44)42-52(46,47)28-19-15-26(16-20-28)38-34(50)36-24-9-4-2-5-10-24)13-8-14-31(23)41-33(45)43-53(48,49)29-21-17-27(18-22-29)39-35(51)37-25-11-6-3-7-12-25/h2-22H,1H3,(H2,36,38,50)(H2,37,39,51)(H2,40,42,44)(H2,41,43,45). The topological polar surface area (TPSA) is 199 Å². The molecule has 0 aliphatic carbocycles. The summed E-state index contributed by atoms with van der Waals surface area (Å²) < 4.78 is 55.6. The van der Waals surface area contributed by atoms with Crippen LogP contribution in [-0.2, 0) is 20.0 Å². The summed E-state index contributed by atoms with van der Waals surface area (Å²) >= 11 is 10.6. The van der Waals surface area contributed by atoms with Crippen LogP contribution in [0.4, 0.5) is 43.7 Å². The summed E-state index contributed by atoms with van der Waals surface area (Å²) in [5.74, 6) is 0. The second-order valence-electron chi connectivity index (χ2n) is 11.0. The van der Waals surface area contributed by atoms with Gasteiger partial charge in [-0.15, -0.1) is 0 Å². The van der Waals surface area contributed by atoms with Crippen LogP contribution in [0.5, 0.6) is 0 Å². The molecular weight excluding hydrogens is 757 g/mol. The van der Waals surface area contributed by atoms with E-state index in [1.807, 2.05) is 70.1 Å². The molecular formula is C35H32N8O6S4. The zero-order valence-electron chi connectivity index (χ0n) is 27.7. The van der Waals surface area contributed by atoms with Crippen molar-refractivity contribution >= 4 is 101 Å². The molecule has 14 nitrogen and oxygen atoms in total. The van der Waals surface area contributed by atoms with Crippen LogP contribution in [0.1, 0.15) is 5.56 Å². The number of thiocarbonyl (C=S) groups is 2. The molecule has 0 saturated heterocycles. The van der Waals surface area contributed by atoms with E-state index in [4.69, 9.17) is 24.4 Å². The van der Waals surface area contributed by atoms with Gasteiger partial charge in [-0.3, -0.25) is 0 Å². The fraction of sp³-hybridized carbons (Fsp3) is 0.0286. The number of para-hydroxylation sites is 2. The van der Waals surface area contributed by atoms with Gasteiger partial charge in [0.05, 0.1) is 9.79 Å². The fourth-order valence-electron chi connectivity index (χ4n) is 4.63. The lowest BCUT2D eigenvalue weighted by Gasteiger charge is -2.15. The van der Waals surface area contributed by atoms with E-state index in [1.54, 1.807) is 6.92 Å². The summed E-state index contributed by atoms with van der Waals surface area (Å²) in [7, 11) is -8.56. The number of urea groups is 2. The van der Waals surface area contributed by atoms with E-state index in [1.165, 1.54) is 66.7 Å². The molecule has 0 radical (unpaired) electrons. The van der Waals surface area contributed by atoms with E-state index in [9.17, 15) is 26.4 Å². The average Bonchev–Trinajstić information content (AvgIpc) is 3.11. The van der Waals surface area contributed by atoms with Crippen molar-refractivity contribution in [3.05, 3.63) is 133 Å². The van der Waals surface area contributed by atoms with E-state index in [2.05, 4.69) is 31.9 Å². The molecule has 272 valence electrons. The van der Waals surface area contributed by atoms with Gasteiger partial charge >= 0.3 is 12.1 Å². The van der Waals surface area contributed by atoms with Crippen LogP contribution in [0.25, 0.3) is 0 Å². The van der Waals surface area contributed by atoms with Crippen molar-refractivity contribution in [1.29, 1.82) is 0 Å². The molecule has 0 saturated carbocycles. The zero-order valence-corrected chi connectivity index (χ0v) is 31.0. The highest BCUT2D eigenvalue weighted by Gasteiger charge is 2.21. The smallest absolute Gasteiger partial charge is 0.332 e. The first kappa shape index (κ1) is 38.2. The number of amides is 4. The zero-order chi connectivity index (χ0) is 38.0. The Labute approximate surface area is 316 Å². The molecule has 0 fully saturated rings. The average molecular weight is 789 g/mol. The number of rotatable bonds is 10. The summed E-state index contributed by atoms with van der Waals surface area (Å²) in [6.45, 7) is 1.54. The maximum Gasteiger partial charge on any atom is 0.333 e. The molecule has 5 aromatic rings. The summed E-state index contributed by atoms with van der Waals surface area (Å²) in [5.41, 5.74) is 3.21. The molecule has 0 heterocycles. The minimum Gasteiger partial charge on any atom is -0.332 e. The Bertz CT molecular complexity index is 2180.